The third kappa shape index (κ3) is 4.75. The molecule has 0 aliphatic heterocycles. The zero-order valence-electron chi connectivity index (χ0n) is 15.3. The second kappa shape index (κ2) is 7.54. The Morgan fingerprint density at radius 2 is 1.89 bits per heavy atom. The summed E-state index contributed by atoms with van der Waals surface area (Å²) in [5.41, 5.74) is 2.65. The smallest absolute Gasteiger partial charge is 0.257 e. The van der Waals surface area contributed by atoms with Crippen LogP contribution in [0.25, 0.3) is 10.9 Å². The van der Waals surface area contributed by atoms with E-state index in [1.807, 2.05) is 30.5 Å². The summed E-state index contributed by atoms with van der Waals surface area (Å²) in [4.78, 5) is 12.9. The van der Waals surface area contributed by atoms with Crippen LogP contribution in [0, 0.1) is 5.92 Å². The monoisotopic (exact) mass is 385 g/mol. The van der Waals surface area contributed by atoms with Crippen LogP contribution in [0.5, 0.6) is 0 Å². The Kier molecular flexibility index (Phi) is 5.34. The largest absolute Gasteiger partial charge is 0.346 e. The van der Waals surface area contributed by atoms with E-state index in [1.54, 1.807) is 24.3 Å². The quantitative estimate of drug-likeness (QED) is 0.681. The van der Waals surface area contributed by atoms with Crippen molar-refractivity contribution >= 4 is 32.5 Å². The third-order valence-electron chi connectivity index (χ3n) is 4.15. The number of carbonyl (C=O) groups is 1. The minimum absolute atomic E-state index is 0.235. The summed E-state index contributed by atoms with van der Waals surface area (Å²) in [6.07, 6.45) is 1.87. The van der Waals surface area contributed by atoms with Crippen molar-refractivity contribution in [2.75, 3.05) is 5.32 Å². The molecule has 6 nitrogen and oxygen atoms in total. The van der Waals surface area contributed by atoms with Crippen molar-refractivity contribution in [1.29, 1.82) is 0 Å². The molecule has 0 atom stereocenters. The lowest BCUT2D eigenvalue weighted by Crippen LogP contribution is -2.15. The fourth-order valence-electron chi connectivity index (χ4n) is 3.14. The Bertz CT molecular complexity index is 1080. The lowest BCUT2D eigenvalue weighted by Gasteiger charge is -2.07. The molecule has 0 saturated carbocycles. The van der Waals surface area contributed by atoms with E-state index in [4.69, 9.17) is 5.14 Å². The number of fused-ring (bicyclic) bond motifs is 1. The van der Waals surface area contributed by atoms with E-state index >= 15 is 0 Å². The highest BCUT2D eigenvalue weighted by atomic mass is 32.2. The van der Waals surface area contributed by atoms with Crippen molar-refractivity contribution in [2.24, 2.45) is 11.1 Å². The molecule has 3 aromatic rings. The number of aromatic nitrogens is 1. The van der Waals surface area contributed by atoms with Crippen LogP contribution in [0.4, 0.5) is 5.69 Å². The van der Waals surface area contributed by atoms with Gasteiger partial charge in [-0.3, -0.25) is 4.79 Å². The van der Waals surface area contributed by atoms with Crippen LogP contribution >= 0.6 is 0 Å². The van der Waals surface area contributed by atoms with Gasteiger partial charge in [-0.05, 0) is 29.7 Å². The van der Waals surface area contributed by atoms with Gasteiger partial charge in [0.05, 0.1) is 11.3 Å². The lowest BCUT2D eigenvalue weighted by atomic mass is 10.1. The van der Waals surface area contributed by atoms with Gasteiger partial charge in [-0.2, -0.15) is 0 Å². The van der Waals surface area contributed by atoms with Crippen molar-refractivity contribution in [3.63, 3.8) is 0 Å². The molecular formula is C20H23N3O3S. The number of sulfonamides is 1. The van der Waals surface area contributed by atoms with Gasteiger partial charge in [0.25, 0.3) is 5.91 Å². The highest BCUT2D eigenvalue weighted by Crippen LogP contribution is 2.24. The molecular weight excluding hydrogens is 362 g/mol. The van der Waals surface area contributed by atoms with E-state index in [2.05, 4.69) is 23.7 Å². The number of carbonyl (C=O) groups excluding carboxylic acids is 1. The SMILES string of the molecule is CC(C)Cn1cc(C(=O)Nc2cccc(CS(N)(=O)=O)c2)c2ccccc21. The number of nitrogens with zero attached hydrogens (tertiary/aromatic N) is 1. The van der Waals surface area contributed by atoms with Crippen LogP contribution in [0.2, 0.25) is 0 Å². The number of para-hydroxylation sites is 1. The fourth-order valence-corrected chi connectivity index (χ4v) is 3.79. The molecule has 3 N–H and O–H groups in total. The molecule has 2 aromatic carbocycles. The van der Waals surface area contributed by atoms with Gasteiger partial charge in [0.2, 0.25) is 10.0 Å². The average molecular weight is 385 g/mol. The first-order valence-corrected chi connectivity index (χ1v) is 10.4. The standard InChI is InChI=1S/C20H23N3O3S/c1-14(2)11-23-12-18(17-8-3-4-9-19(17)23)20(24)22-16-7-5-6-15(10-16)13-27(21,25)26/h3-10,12,14H,11,13H2,1-2H3,(H,22,24)(H2,21,25,26). The Hall–Kier alpha value is -2.64. The topological polar surface area (TPSA) is 94.2 Å². The van der Waals surface area contributed by atoms with Gasteiger partial charge in [-0.25, -0.2) is 13.6 Å². The summed E-state index contributed by atoms with van der Waals surface area (Å²) in [6, 6.07) is 14.5. The first kappa shape index (κ1) is 19.1. The number of benzene rings is 2. The van der Waals surface area contributed by atoms with Crippen molar-refractivity contribution in [3.8, 4) is 0 Å². The maximum absolute atomic E-state index is 12.9. The zero-order chi connectivity index (χ0) is 19.6. The van der Waals surface area contributed by atoms with Crippen LogP contribution < -0.4 is 10.5 Å². The van der Waals surface area contributed by atoms with Crippen LogP contribution in [-0.4, -0.2) is 18.9 Å². The predicted molar refractivity (Wildman–Crippen MR) is 108 cm³/mol. The van der Waals surface area contributed by atoms with Gasteiger partial charge in [-0.15, -0.1) is 0 Å². The summed E-state index contributed by atoms with van der Waals surface area (Å²) >= 11 is 0. The van der Waals surface area contributed by atoms with Gasteiger partial charge in [0.15, 0.2) is 0 Å². The number of hydrogen-bond donors (Lipinski definition) is 2. The molecule has 27 heavy (non-hydrogen) atoms. The second-order valence-corrected chi connectivity index (χ2v) is 8.68. The molecule has 1 aromatic heterocycles. The first-order chi connectivity index (χ1) is 12.7. The molecule has 1 heterocycles. The molecule has 0 fully saturated rings. The Morgan fingerprint density at radius 1 is 1.15 bits per heavy atom. The molecule has 142 valence electrons. The molecule has 3 rings (SSSR count). The molecule has 7 heteroatoms. The van der Waals surface area contributed by atoms with E-state index in [9.17, 15) is 13.2 Å². The molecule has 0 spiro atoms. The number of rotatable bonds is 6. The highest BCUT2D eigenvalue weighted by molar-refractivity contribution is 7.88. The fraction of sp³-hybridized carbons (Fsp3) is 0.250. The number of nitrogens with two attached hydrogens (primary N) is 1. The summed E-state index contributed by atoms with van der Waals surface area (Å²) in [5.74, 6) is -0.0576. The van der Waals surface area contributed by atoms with Crippen molar-refractivity contribution in [2.45, 2.75) is 26.1 Å². The zero-order valence-corrected chi connectivity index (χ0v) is 16.2. The van der Waals surface area contributed by atoms with Crippen molar-refractivity contribution in [1.82, 2.24) is 4.57 Å². The summed E-state index contributed by atoms with van der Waals surface area (Å²) < 4.78 is 24.7. The molecule has 0 aliphatic carbocycles. The molecule has 0 bridgehead atoms. The molecule has 1 amide bonds. The predicted octanol–water partition coefficient (Wildman–Crippen LogP) is 3.34. The van der Waals surface area contributed by atoms with Crippen LogP contribution in [-0.2, 0) is 22.3 Å². The van der Waals surface area contributed by atoms with E-state index in [0.717, 1.165) is 17.4 Å². The Balaban J connectivity index is 1.90. The van der Waals surface area contributed by atoms with Crippen molar-refractivity contribution < 1.29 is 13.2 Å². The van der Waals surface area contributed by atoms with E-state index in [0.29, 0.717) is 22.7 Å². The number of nitrogens with one attached hydrogen (secondary N) is 1. The van der Waals surface area contributed by atoms with Gasteiger partial charge in [0, 0.05) is 29.3 Å². The number of anilines is 1. The number of amides is 1. The minimum atomic E-state index is -3.63. The van der Waals surface area contributed by atoms with Crippen LogP contribution in [0.15, 0.2) is 54.7 Å². The summed E-state index contributed by atoms with van der Waals surface area (Å²) in [5, 5.41) is 8.84. The maximum Gasteiger partial charge on any atom is 0.257 e. The molecule has 0 radical (unpaired) electrons. The number of primary sulfonamides is 1. The second-order valence-electron chi connectivity index (χ2n) is 7.07. The van der Waals surface area contributed by atoms with Gasteiger partial charge >= 0.3 is 0 Å². The summed E-state index contributed by atoms with van der Waals surface area (Å²) in [6.45, 7) is 5.08. The minimum Gasteiger partial charge on any atom is -0.346 e. The third-order valence-corrected chi connectivity index (χ3v) is 4.88. The Morgan fingerprint density at radius 3 is 2.59 bits per heavy atom. The summed E-state index contributed by atoms with van der Waals surface area (Å²) in [7, 11) is -3.63. The van der Waals surface area contributed by atoms with E-state index in [1.165, 1.54) is 0 Å². The van der Waals surface area contributed by atoms with Crippen LogP contribution in [0.1, 0.15) is 29.8 Å². The van der Waals surface area contributed by atoms with Crippen molar-refractivity contribution in [3.05, 3.63) is 65.9 Å². The average Bonchev–Trinajstić information content (AvgIpc) is 2.92. The number of hydrogen-bond acceptors (Lipinski definition) is 3. The molecule has 0 unspecified atom stereocenters. The highest BCUT2D eigenvalue weighted by Gasteiger charge is 2.16. The van der Waals surface area contributed by atoms with Gasteiger partial charge in [-0.1, -0.05) is 44.2 Å². The molecule has 0 aliphatic rings. The van der Waals surface area contributed by atoms with E-state index in [-0.39, 0.29) is 11.7 Å². The Labute approximate surface area is 159 Å². The lowest BCUT2D eigenvalue weighted by molar-refractivity contribution is 0.102. The maximum atomic E-state index is 12.9. The van der Waals surface area contributed by atoms with Gasteiger partial charge in [0.1, 0.15) is 0 Å². The van der Waals surface area contributed by atoms with Crippen LogP contribution in [0.3, 0.4) is 0 Å². The van der Waals surface area contributed by atoms with E-state index < -0.39 is 10.0 Å². The molecule has 0 saturated heterocycles. The first-order valence-electron chi connectivity index (χ1n) is 8.71. The normalized spacial score (nSPS) is 11.9. The van der Waals surface area contributed by atoms with Gasteiger partial charge < -0.3 is 9.88 Å².